The van der Waals surface area contributed by atoms with E-state index in [2.05, 4.69) is 9.97 Å². The Hall–Kier alpha value is -2.28. The van der Waals surface area contributed by atoms with E-state index >= 15 is 0 Å². The number of thiocarbonyl (C=S) groups is 1. The Balaban J connectivity index is 1.69. The SMILES string of the molecule is O=C1/C(=C\c2cnc3ccccc3n2)SC(=S)N1c1cccc(Cl)c1. The van der Waals surface area contributed by atoms with Crippen LogP contribution < -0.4 is 4.90 Å². The molecule has 0 radical (unpaired) electrons. The number of fused-ring (bicyclic) bond motifs is 1. The molecule has 0 saturated carbocycles. The van der Waals surface area contributed by atoms with E-state index in [0.717, 1.165) is 11.0 Å². The molecule has 1 fully saturated rings. The normalized spacial score (nSPS) is 16.2. The lowest BCUT2D eigenvalue weighted by Crippen LogP contribution is -2.27. The Morgan fingerprint density at radius 1 is 1.12 bits per heavy atom. The van der Waals surface area contributed by atoms with Gasteiger partial charge in [0.15, 0.2) is 4.32 Å². The Bertz CT molecular complexity index is 1050. The zero-order chi connectivity index (χ0) is 17.4. The number of hydrogen-bond donors (Lipinski definition) is 0. The number of hydrogen-bond acceptors (Lipinski definition) is 5. The van der Waals surface area contributed by atoms with Crippen LogP contribution in [-0.2, 0) is 4.79 Å². The van der Waals surface area contributed by atoms with Crippen molar-refractivity contribution >= 4 is 68.6 Å². The number of benzene rings is 2. The predicted octanol–water partition coefficient (Wildman–Crippen LogP) is 4.69. The van der Waals surface area contributed by atoms with Crippen LogP contribution in [0, 0.1) is 0 Å². The fourth-order valence-electron chi connectivity index (χ4n) is 2.48. The van der Waals surface area contributed by atoms with Crippen molar-refractivity contribution in [2.24, 2.45) is 0 Å². The third-order valence-corrected chi connectivity index (χ3v) is 5.14. The molecule has 0 N–H and O–H groups in total. The molecule has 4 nitrogen and oxygen atoms in total. The number of carbonyl (C=O) groups is 1. The first kappa shape index (κ1) is 16.2. The van der Waals surface area contributed by atoms with Gasteiger partial charge < -0.3 is 0 Å². The topological polar surface area (TPSA) is 46.1 Å². The summed E-state index contributed by atoms with van der Waals surface area (Å²) in [6, 6.07) is 14.6. The molecule has 0 spiro atoms. The van der Waals surface area contributed by atoms with Crippen LogP contribution in [0.3, 0.4) is 0 Å². The first-order chi connectivity index (χ1) is 12.1. The van der Waals surface area contributed by atoms with Gasteiger partial charge in [0.1, 0.15) is 0 Å². The van der Waals surface area contributed by atoms with Crippen molar-refractivity contribution in [3.8, 4) is 0 Å². The number of anilines is 1. The summed E-state index contributed by atoms with van der Waals surface area (Å²) in [5.41, 5.74) is 2.86. The molecule has 1 saturated heterocycles. The highest BCUT2D eigenvalue weighted by Crippen LogP contribution is 2.36. The molecule has 1 amide bonds. The predicted molar refractivity (Wildman–Crippen MR) is 107 cm³/mol. The highest BCUT2D eigenvalue weighted by molar-refractivity contribution is 8.27. The number of rotatable bonds is 2. The van der Waals surface area contributed by atoms with Crippen LogP contribution >= 0.6 is 35.6 Å². The van der Waals surface area contributed by atoms with Crippen LogP contribution in [0.1, 0.15) is 5.69 Å². The lowest BCUT2D eigenvalue weighted by atomic mass is 10.2. The molecule has 0 unspecified atom stereocenters. The lowest BCUT2D eigenvalue weighted by Gasteiger charge is -2.14. The first-order valence-corrected chi connectivity index (χ1v) is 8.97. The maximum absolute atomic E-state index is 12.8. The highest BCUT2D eigenvalue weighted by atomic mass is 35.5. The van der Waals surface area contributed by atoms with Gasteiger partial charge in [-0.15, -0.1) is 0 Å². The van der Waals surface area contributed by atoms with Crippen molar-refractivity contribution in [3.05, 3.63) is 70.3 Å². The minimum Gasteiger partial charge on any atom is -0.268 e. The molecule has 25 heavy (non-hydrogen) atoms. The Labute approximate surface area is 158 Å². The largest absolute Gasteiger partial charge is 0.270 e. The molecule has 1 aliphatic heterocycles. The van der Waals surface area contributed by atoms with E-state index in [1.807, 2.05) is 24.3 Å². The molecular weight excluding hydrogens is 374 g/mol. The second-order valence-corrected chi connectivity index (χ2v) is 7.39. The zero-order valence-electron chi connectivity index (χ0n) is 12.7. The van der Waals surface area contributed by atoms with Crippen molar-refractivity contribution in [2.45, 2.75) is 0 Å². The van der Waals surface area contributed by atoms with Gasteiger partial charge in [-0.2, -0.15) is 0 Å². The molecule has 2 aromatic carbocycles. The van der Waals surface area contributed by atoms with Gasteiger partial charge in [-0.25, -0.2) is 4.98 Å². The molecule has 4 rings (SSSR count). The van der Waals surface area contributed by atoms with Crippen molar-refractivity contribution in [3.63, 3.8) is 0 Å². The Kier molecular flexibility index (Phi) is 4.25. The molecule has 0 bridgehead atoms. The van der Waals surface area contributed by atoms with Gasteiger partial charge in [-0.3, -0.25) is 14.7 Å². The van der Waals surface area contributed by atoms with Gasteiger partial charge in [0, 0.05) is 5.02 Å². The van der Waals surface area contributed by atoms with Crippen molar-refractivity contribution in [1.82, 2.24) is 9.97 Å². The average Bonchev–Trinajstić information content (AvgIpc) is 2.88. The fraction of sp³-hybridized carbons (Fsp3) is 0. The first-order valence-electron chi connectivity index (χ1n) is 7.37. The van der Waals surface area contributed by atoms with Gasteiger partial charge in [-0.1, -0.05) is 53.8 Å². The van der Waals surface area contributed by atoms with Gasteiger partial charge in [0.05, 0.1) is 33.5 Å². The summed E-state index contributed by atoms with van der Waals surface area (Å²) in [5, 5.41) is 0.552. The van der Waals surface area contributed by atoms with E-state index in [1.165, 1.54) is 16.7 Å². The number of amides is 1. The van der Waals surface area contributed by atoms with Crippen LogP contribution in [0.2, 0.25) is 5.02 Å². The highest BCUT2D eigenvalue weighted by Gasteiger charge is 2.33. The van der Waals surface area contributed by atoms with Crippen LogP contribution in [0.25, 0.3) is 17.1 Å². The maximum Gasteiger partial charge on any atom is 0.270 e. The number of aromatic nitrogens is 2. The molecule has 122 valence electrons. The summed E-state index contributed by atoms with van der Waals surface area (Å²) in [6.07, 6.45) is 3.36. The molecule has 0 atom stereocenters. The summed E-state index contributed by atoms with van der Waals surface area (Å²) < 4.78 is 0.465. The molecular formula is C18H10ClN3OS2. The Morgan fingerprint density at radius 3 is 2.72 bits per heavy atom. The fourth-order valence-corrected chi connectivity index (χ4v) is 3.95. The maximum atomic E-state index is 12.8. The summed E-state index contributed by atoms with van der Waals surface area (Å²) in [4.78, 5) is 23.6. The smallest absolute Gasteiger partial charge is 0.268 e. The van der Waals surface area contributed by atoms with Crippen LogP contribution in [0.4, 0.5) is 5.69 Å². The van der Waals surface area contributed by atoms with Crippen LogP contribution in [-0.4, -0.2) is 20.2 Å². The van der Waals surface area contributed by atoms with Crippen molar-refractivity contribution in [1.29, 1.82) is 0 Å². The molecule has 2 heterocycles. The standard InChI is InChI=1S/C18H10ClN3OS2/c19-11-4-3-5-13(8-11)22-17(23)16(25-18(22)24)9-12-10-20-14-6-1-2-7-15(14)21-12/h1-10H/b16-9+. The number of thioether (sulfide) groups is 1. The quantitative estimate of drug-likeness (QED) is 0.474. The molecule has 0 aliphatic carbocycles. The van der Waals surface area contributed by atoms with E-state index in [4.69, 9.17) is 23.8 Å². The summed E-state index contributed by atoms with van der Waals surface area (Å²) in [6.45, 7) is 0. The van der Waals surface area contributed by atoms with Crippen LogP contribution in [0.5, 0.6) is 0 Å². The summed E-state index contributed by atoms with van der Waals surface area (Å²) in [7, 11) is 0. The average molecular weight is 384 g/mol. The molecule has 1 aromatic heterocycles. The lowest BCUT2D eigenvalue weighted by molar-refractivity contribution is -0.113. The second kappa shape index (κ2) is 6.55. The van der Waals surface area contributed by atoms with E-state index < -0.39 is 0 Å². The Morgan fingerprint density at radius 2 is 1.92 bits per heavy atom. The van der Waals surface area contributed by atoms with Gasteiger partial charge in [0.25, 0.3) is 5.91 Å². The van der Waals surface area contributed by atoms with E-state index in [1.54, 1.807) is 36.5 Å². The van der Waals surface area contributed by atoms with Gasteiger partial charge in [0.2, 0.25) is 0 Å². The van der Waals surface area contributed by atoms with Gasteiger partial charge >= 0.3 is 0 Å². The minimum atomic E-state index is -0.188. The van der Waals surface area contributed by atoms with E-state index in [-0.39, 0.29) is 5.91 Å². The van der Waals surface area contributed by atoms with E-state index in [9.17, 15) is 4.79 Å². The molecule has 3 aromatic rings. The zero-order valence-corrected chi connectivity index (χ0v) is 15.1. The van der Waals surface area contributed by atoms with Crippen molar-refractivity contribution in [2.75, 3.05) is 4.90 Å². The van der Waals surface area contributed by atoms with E-state index in [0.29, 0.717) is 25.6 Å². The minimum absolute atomic E-state index is 0.188. The number of para-hydroxylation sites is 2. The summed E-state index contributed by atoms with van der Waals surface area (Å²) in [5.74, 6) is -0.188. The molecule has 1 aliphatic rings. The third kappa shape index (κ3) is 3.16. The summed E-state index contributed by atoms with van der Waals surface area (Å²) >= 11 is 12.6. The molecule has 7 heteroatoms. The monoisotopic (exact) mass is 383 g/mol. The van der Waals surface area contributed by atoms with Crippen LogP contribution in [0.15, 0.2) is 59.6 Å². The van der Waals surface area contributed by atoms with Crippen molar-refractivity contribution < 1.29 is 4.79 Å². The number of nitrogens with zero attached hydrogens (tertiary/aromatic N) is 3. The number of carbonyl (C=O) groups excluding carboxylic acids is 1. The van der Waals surface area contributed by atoms with Gasteiger partial charge in [-0.05, 0) is 36.4 Å². The second-order valence-electron chi connectivity index (χ2n) is 5.28. The third-order valence-electron chi connectivity index (χ3n) is 3.61. The number of halogens is 1.